The van der Waals surface area contributed by atoms with Crippen molar-refractivity contribution in [2.45, 2.75) is 59.8 Å². The maximum Gasteiger partial charge on any atom is 0.309 e. The molecular formula is C28H38O5. The second-order valence-electron chi connectivity index (χ2n) is 8.17. The van der Waals surface area contributed by atoms with Crippen LogP contribution in [0.5, 0.6) is 11.5 Å². The average molecular weight is 455 g/mol. The monoisotopic (exact) mass is 454 g/mol. The first-order valence-electron chi connectivity index (χ1n) is 12.1. The highest BCUT2D eigenvalue weighted by atomic mass is 16.5. The Morgan fingerprint density at radius 3 is 1.61 bits per heavy atom. The lowest BCUT2D eigenvalue weighted by Crippen LogP contribution is -2.27. The van der Waals surface area contributed by atoms with E-state index in [1.807, 2.05) is 62.4 Å². The third-order valence-corrected chi connectivity index (χ3v) is 5.59. The molecular weight excluding hydrogens is 416 g/mol. The molecule has 5 heteroatoms. The van der Waals surface area contributed by atoms with E-state index in [-0.39, 0.29) is 24.1 Å². The van der Waals surface area contributed by atoms with Gasteiger partial charge in [-0.1, -0.05) is 37.6 Å². The van der Waals surface area contributed by atoms with Gasteiger partial charge in [-0.25, -0.2) is 0 Å². The molecule has 5 nitrogen and oxygen atoms in total. The zero-order chi connectivity index (χ0) is 24.1. The van der Waals surface area contributed by atoms with Crippen molar-refractivity contribution in [2.24, 2.45) is 11.8 Å². The SMILES string of the molecule is CCC[C@@H](Cc1ccc(OCC)cc1)C(=O)C[C@@H](Cc1ccc(OCC)cc1)C(=O)OCC. The predicted octanol–water partition coefficient (Wildman–Crippen LogP) is 5.82. The highest BCUT2D eigenvalue weighted by Crippen LogP contribution is 2.24. The molecule has 0 heterocycles. The van der Waals surface area contributed by atoms with E-state index >= 15 is 0 Å². The van der Waals surface area contributed by atoms with Crippen LogP contribution in [0.25, 0.3) is 0 Å². The van der Waals surface area contributed by atoms with E-state index < -0.39 is 5.92 Å². The molecule has 2 atom stereocenters. The van der Waals surface area contributed by atoms with E-state index in [2.05, 4.69) is 6.92 Å². The Morgan fingerprint density at radius 2 is 1.18 bits per heavy atom. The molecule has 0 aliphatic rings. The van der Waals surface area contributed by atoms with Crippen molar-refractivity contribution in [3.05, 3.63) is 59.7 Å². The third-order valence-electron chi connectivity index (χ3n) is 5.59. The highest BCUT2D eigenvalue weighted by Gasteiger charge is 2.27. The van der Waals surface area contributed by atoms with E-state index in [0.29, 0.717) is 32.7 Å². The van der Waals surface area contributed by atoms with Crippen LogP contribution in [0.1, 0.15) is 58.1 Å². The molecule has 0 aromatic heterocycles. The summed E-state index contributed by atoms with van der Waals surface area (Å²) in [5, 5.41) is 0. The molecule has 0 fully saturated rings. The maximum atomic E-state index is 13.3. The Balaban J connectivity index is 2.10. The highest BCUT2D eigenvalue weighted by molar-refractivity contribution is 5.86. The van der Waals surface area contributed by atoms with Gasteiger partial charge in [0.15, 0.2) is 0 Å². The summed E-state index contributed by atoms with van der Waals surface area (Å²) in [6, 6.07) is 15.6. The lowest BCUT2D eigenvalue weighted by molar-refractivity contribution is -0.150. The van der Waals surface area contributed by atoms with E-state index in [0.717, 1.165) is 35.5 Å². The molecule has 0 amide bonds. The van der Waals surface area contributed by atoms with E-state index in [9.17, 15) is 9.59 Å². The Bertz CT molecular complexity index is 842. The van der Waals surface area contributed by atoms with Gasteiger partial charge in [0, 0.05) is 12.3 Å². The fourth-order valence-corrected chi connectivity index (χ4v) is 3.98. The summed E-state index contributed by atoms with van der Waals surface area (Å²) >= 11 is 0. The molecule has 0 radical (unpaired) electrons. The van der Waals surface area contributed by atoms with E-state index in [1.54, 1.807) is 6.92 Å². The number of rotatable bonds is 15. The topological polar surface area (TPSA) is 61.8 Å². The molecule has 0 N–H and O–H groups in total. The fourth-order valence-electron chi connectivity index (χ4n) is 3.98. The number of Topliss-reactive ketones (excluding diaryl/α,β-unsaturated/α-hetero) is 1. The first-order chi connectivity index (χ1) is 16.0. The van der Waals surface area contributed by atoms with Crippen LogP contribution in [-0.2, 0) is 27.2 Å². The Labute approximate surface area is 198 Å². The molecule has 2 rings (SSSR count). The Kier molecular flexibility index (Phi) is 11.5. The van der Waals surface area contributed by atoms with Crippen molar-refractivity contribution in [3.8, 4) is 11.5 Å². The molecule has 0 spiro atoms. The van der Waals surface area contributed by atoms with Gasteiger partial charge in [-0.15, -0.1) is 0 Å². The maximum absolute atomic E-state index is 13.3. The first-order valence-corrected chi connectivity index (χ1v) is 12.1. The number of carbonyl (C=O) groups excluding carboxylic acids is 2. The number of ketones is 1. The quantitative estimate of drug-likeness (QED) is 0.317. The minimum atomic E-state index is -0.491. The van der Waals surface area contributed by atoms with Crippen LogP contribution in [0, 0.1) is 11.8 Å². The molecule has 2 aromatic rings. The fraction of sp³-hybridized carbons (Fsp3) is 0.500. The van der Waals surface area contributed by atoms with E-state index in [4.69, 9.17) is 14.2 Å². The van der Waals surface area contributed by atoms with Crippen molar-refractivity contribution in [3.63, 3.8) is 0 Å². The van der Waals surface area contributed by atoms with Gasteiger partial charge >= 0.3 is 5.97 Å². The lowest BCUT2D eigenvalue weighted by Gasteiger charge is -2.20. The molecule has 33 heavy (non-hydrogen) atoms. The van der Waals surface area contributed by atoms with Crippen molar-refractivity contribution in [2.75, 3.05) is 19.8 Å². The number of hydrogen-bond donors (Lipinski definition) is 0. The van der Waals surface area contributed by atoms with Crippen molar-refractivity contribution in [1.29, 1.82) is 0 Å². The molecule has 2 aromatic carbocycles. The van der Waals surface area contributed by atoms with Gasteiger partial charge in [0.1, 0.15) is 17.3 Å². The van der Waals surface area contributed by atoms with Gasteiger partial charge in [0.25, 0.3) is 0 Å². The number of benzene rings is 2. The van der Waals surface area contributed by atoms with Crippen LogP contribution < -0.4 is 9.47 Å². The zero-order valence-electron chi connectivity index (χ0n) is 20.5. The van der Waals surface area contributed by atoms with E-state index in [1.165, 1.54) is 0 Å². The second-order valence-corrected chi connectivity index (χ2v) is 8.17. The van der Waals surface area contributed by atoms with Crippen molar-refractivity contribution >= 4 is 11.8 Å². The number of carbonyl (C=O) groups is 2. The summed E-state index contributed by atoms with van der Waals surface area (Å²) in [6.07, 6.45) is 3.03. The molecule has 0 saturated carbocycles. The summed E-state index contributed by atoms with van der Waals surface area (Å²) in [7, 11) is 0. The molecule has 0 aliphatic carbocycles. The molecule has 180 valence electrons. The minimum absolute atomic E-state index is 0.120. The largest absolute Gasteiger partial charge is 0.494 e. The minimum Gasteiger partial charge on any atom is -0.494 e. The van der Waals surface area contributed by atoms with Crippen LogP contribution in [0.2, 0.25) is 0 Å². The van der Waals surface area contributed by atoms with Crippen LogP contribution in [0.4, 0.5) is 0 Å². The lowest BCUT2D eigenvalue weighted by atomic mass is 9.85. The number of esters is 1. The van der Waals surface area contributed by atoms with Crippen molar-refractivity contribution < 1.29 is 23.8 Å². The average Bonchev–Trinajstić information content (AvgIpc) is 2.81. The van der Waals surface area contributed by atoms with Crippen molar-refractivity contribution in [1.82, 2.24) is 0 Å². The second kappa shape index (κ2) is 14.4. The molecule has 0 aliphatic heterocycles. The summed E-state index contributed by atoms with van der Waals surface area (Å²) in [5.74, 6) is 0.826. The summed E-state index contributed by atoms with van der Waals surface area (Å²) < 4.78 is 16.3. The first kappa shape index (κ1) is 26.4. The van der Waals surface area contributed by atoms with Gasteiger partial charge in [0.2, 0.25) is 0 Å². The van der Waals surface area contributed by atoms with Gasteiger partial charge in [-0.2, -0.15) is 0 Å². The third kappa shape index (κ3) is 8.91. The number of ether oxygens (including phenoxy) is 3. The molecule has 0 bridgehead atoms. The molecule has 0 unspecified atom stereocenters. The van der Waals surface area contributed by atoms with Gasteiger partial charge in [-0.05, 0) is 75.4 Å². The summed E-state index contributed by atoms with van der Waals surface area (Å²) in [4.78, 5) is 26.0. The zero-order valence-corrected chi connectivity index (χ0v) is 20.5. The summed E-state index contributed by atoms with van der Waals surface area (Å²) in [6.45, 7) is 9.30. The smallest absolute Gasteiger partial charge is 0.309 e. The predicted molar refractivity (Wildman–Crippen MR) is 131 cm³/mol. The van der Waals surface area contributed by atoms with Crippen LogP contribution >= 0.6 is 0 Å². The Morgan fingerprint density at radius 1 is 0.697 bits per heavy atom. The standard InChI is InChI=1S/C28H38O5/c1-5-9-23(18-21-10-14-25(15-11-21)31-6-2)27(29)20-24(28(30)33-8-4)19-22-12-16-26(17-13-22)32-7-3/h10-17,23-24H,5-9,18-20H2,1-4H3/t23-,24+/m0/s1. The Hall–Kier alpha value is -2.82. The normalized spacial score (nSPS) is 12.6. The van der Waals surface area contributed by atoms with Crippen LogP contribution in [0.15, 0.2) is 48.5 Å². The number of hydrogen-bond acceptors (Lipinski definition) is 5. The molecule has 0 saturated heterocycles. The van der Waals surface area contributed by atoms with Gasteiger partial charge in [-0.3, -0.25) is 9.59 Å². The van der Waals surface area contributed by atoms with Gasteiger partial charge in [0.05, 0.1) is 25.7 Å². The summed E-state index contributed by atoms with van der Waals surface area (Å²) in [5.41, 5.74) is 2.09. The van der Waals surface area contributed by atoms with Gasteiger partial charge < -0.3 is 14.2 Å². The van der Waals surface area contributed by atoms with Crippen LogP contribution in [-0.4, -0.2) is 31.6 Å². The van der Waals surface area contributed by atoms with Crippen LogP contribution in [0.3, 0.4) is 0 Å².